The van der Waals surface area contributed by atoms with Crippen LogP contribution < -0.4 is 14.8 Å². The standard InChI is InChI=1S/C19H16Cl2N2O4/c1-11-15(10-26-14-5-3-4-12(20)8-14)18(23-27-11)19(24)22-13-6-7-17(25-2)16(21)9-13/h3-9H,10H2,1-2H3,(H,22,24). The number of aryl methyl sites for hydroxylation is 1. The minimum absolute atomic E-state index is 0.113. The van der Waals surface area contributed by atoms with Gasteiger partial charge in [-0.15, -0.1) is 0 Å². The van der Waals surface area contributed by atoms with Gasteiger partial charge in [0.15, 0.2) is 5.69 Å². The molecule has 2 aromatic carbocycles. The molecule has 0 radical (unpaired) electrons. The van der Waals surface area contributed by atoms with Crippen molar-refractivity contribution in [2.45, 2.75) is 13.5 Å². The van der Waals surface area contributed by atoms with Gasteiger partial charge in [0.25, 0.3) is 5.91 Å². The summed E-state index contributed by atoms with van der Waals surface area (Å²) in [5.74, 6) is 1.16. The number of benzene rings is 2. The Hall–Kier alpha value is -2.70. The number of ether oxygens (including phenoxy) is 2. The molecule has 1 aromatic heterocycles. The largest absolute Gasteiger partial charge is 0.495 e. The third kappa shape index (κ3) is 4.53. The number of hydrogen-bond acceptors (Lipinski definition) is 5. The number of nitrogens with zero attached hydrogens (tertiary/aromatic N) is 1. The Labute approximate surface area is 166 Å². The summed E-state index contributed by atoms with van der Waals surface area (Å²) in [4.78, 5) is 12.6. The van der Waals surface area contributed by atoms with E-state index in [1.165, 1.54) is 7.11 Å². The smallest absolute Gasteiger partial charge is 0.278 e. The first-order chi connectivity index (χ1) is 13.0. The molecule has 140 valence electrons. The molecule has 0 bridgehead atoms. The molecule has 0 unspecified atom stereocenters. The van der Waals surface area contributed by atoms with Crippen molar-refractivity contribution in [2.75, 3.05) is 12.4 Å². The van der Waals surface area contributed by atoms with Crippen LogP contribution in [-0.2, 0) is 6.61 Å². The second-order valence-electron chi connectivity index (χ2n) is 5.62. The lowest BCUT2D eigenvalue weighted by Gasteiger charge is -2.09. The van der Waals surface area contributed by atoms with Gasteiger partial charge in [0.2, 0.25) is 0 Å². The molecule has 0 aliphatic heterocycles. The second-order valence-corrected chi connectivity index (χ2v) is 6.46. The molecule has 3 aromatic rings. The highest BCUT2D eigenvalue weighted by atomic mass is 35.5. The summed E-state index contributed by atoms with van der Waals surface area (Å²) in [5.41, 5.74) is 1.20. The Bertz CT molecular complexity index is 972. The molecular weight excluding hydrogens is 391 g/mol. The second kappa shape index (κ2) is 8.33. The maximum absolute atomic E-state index is 12.6. The minimum atomic E-state index is -0.433. The molecule has 0 saturated carbocycles. The van der Waals surface area contributed by atoms with Gasteiger partial charge in [-0.2, -0.15) is 0 Å². The van der Waals surface area contributed by atoms with Crippen LogP contribution in [0.15, 0.2) is 47.0 Å². The van der Waals surface area contributed by atoms with Crippen LogP contribution in [0.25, 0.3) is 0 Å². The van der Waals surface area contributed by atoms with Crippen molar-refractivity contribution >= 4 is 34.8 Å². The molecule has 1 amide bonds. The molecule has 0 fully saturated rings. The molecule has 0 saturated heterocycles. The Kier molecular flexibility index (Phi) is 5.88. The average molecular weight is 407 g/mol. The highest BCUT2D eigenvalue weighted by Gasteiger charge is 2.21. The molecular formula is C19H16Cl2N2O4. The van der Waals surface area contributed by atoms with Gasteiger partial charge in [0.1, 0.15) is 23.9 Å². The van der Waals surface area contributed by atoms with E-state index < -0.39 is 5.91 Å². The number of carbonyl (C=O) groups excluding carboxylic acids is 1. The van der Waals surface area contributed by atoms with Gasteiger partial charge in [-0.1, -0.05) is 34.4 Å². The summed E-state index contributed by atoms with van der Waals surface area (Å²) in [6.07, 6.45) is 0. The fraction of sp³-hybridized carbons (Fsp3) is 0.158. The fourth-order valence-corrected chi connectivity index (χ4v) is 2.82. The van der Waals surface area contributed by atoms with E-state index in [0.717, 1.165) is 0 Å². The highest BCUT2D eigenvalue weighted by Crippen LogP contribution is 2.28. The van der Waals surface area contributed by atoms with Gasteiger partial charge in [0, 0.05) is 10.7 Å². The van der Waals surface area contributed by atoms with E-state index in [9.17, 15) is 4.79 Å². The van der Waals surface area contributed by atoms with E-state index in [-0.39, 0.29) is 12.3 Å². The van der Waals surface area contributed by atoms with Crippen molar-refractivity contribution < 1.29 is 18.8 Å². The molecule has 0 spiro atoms. The zero-order chi connectivity index (χ0) is 19.4. The van der Waals surface area contributed by atoms with Crippen molar-refractivity contribution in [1.29, 1.82) is 0 Å². The van der Waals surface area contributed by atoms with Crippen molar-refractivity contribution in [3.8, 4) is 11.5 Å². The molecule has 0 aliphatic carbocycles. The predicted molar refractivity (Wildman–Crippen MR) is 103 cm³/mol. The number of carbonyl (C=O) groups is 1. The van der Waals surface area contributed by atoms with Crippen LogP contribution in [-0.4, -0.2) is 18.2 Å². The van der Waals surface area contributed by atoms with Gasteiger partial charge >= 0.3 is 0 Å². The summed E-state index contributed by atoms with van der Waals surface area (Å²) < 4.78 is 16.0. The average Bonchev–Trinajstić information content (AvgIpc) is 3.01. The maximum atomic E-state index is 12.6. The van der Waals surface area contributed by atoms with Crippen molar-refractivity contribution in [3.63, 3.8) is 0 Å². The third-order valence-electron chi connectivity index (χ3n) is 3.79. The van der Waals surface area contributed by atoms with Crippen LogP contribution >= 0.6 is 23.2 Å². The van der Waals surface area contributed by atoms with E-state index in [1.807, 2.05) is 0 Å². The number of anilines is 1. The van der Waals surface area contributed by atoms with E-state index in [1.54, 1.807) is 49.4 Å². The molecule has 1 heterocycles. The lowest BCUT2D eigenvalue weighted by atomic mass is 10.2. The molecule has 3 rings (SSSR count). The van der Waals surface area contributed by atoms with Gasteiger partial charge in [-0.3, -0.25) is 4.79 Å². The van der Waals surface area contributed by atoms with Crippen molar-refractivity contribution in [3.05, 3.63) is 69.5 Å². The molecule has 6 nitrogen and oxygen atoms in total. The lowest BCUT2D eigenvalue weighted by Crippen LogP contribution is -2.15. The highest BCUT2D eigenvalue weighted by molar-refractivity contribution is 6.32. The molecule has 0 atom stereocenters. The third-order valence-corrected chi connectivity index (χ3v) is 4.32. The summed E-state index contributed by atoms with van der Waals surface area (Å²) >= 11 is 12.0. The molecule has 8 heteroatoms. The summed E-state index contributed by atoms with van der Waals surface area (Å²) in [7, 11) is 1.52. The topological polar surface area (TPSA) is 73.6 Å². The summed E-state index contributed by atoms with van der Waals surface area (Å²) in [6, 6.07) is 11.9. The first-order valence-electron chi connectivity index (χ1n) is 7.96. The van der Waals surface area contributed by atoms with Crippen LogP contribution in [0, 0.1) is 6.92 Å². The van der Waals surface area contributed by atoms with Crippen LogP contribution in [0.5, 0.6) is 11.5 Å². The SMILES string of the molecule is COc1ccc(NC(=O)c2noc(C)c2COc2cccc(Cl)c2)cc1Cl. The summed E-state index contributed by atoms with van der Waals surface area (Å²) in [6.45, 7) is 1.83. The number of amides is 1. The number of hydrogen-bond donors (Lipinski definition) is 1. The van der Waals surface area contributed by atoms with Crippen LogP contribution in [0.3, 0.4) is 0 Å². The quantitative estimate of drug-likeness (QED) is 0.613. The molecule has 1 N–H and O–H groups in total. The van der Waals surface area contributed by atoms with Gasteiger partial charge < -0.3 is 19.3 Å². The summed E-state index contributed by atoms with van der Waals surface area (Å²) in [5, 5.41) is 7.52. The van der Waals surface area contributed by atoms with E-state index in [2.05, 4.69) is 10.5 Å². The van der Waals surface area contributed by atoms with Crippen molar-refractivity contribution in [2.24, 2.45) is 0 Å². The minimum Gasteiger partial charge on any atom is -0.495 e. The first-order valence-corrected chi connectivity index (χ1v) is 8.72. The van der Waals surface area contributed by atoms with Crippen LogP contribution in [0.1, 0.15) is 21.8 Å². The van der Waals surface area contributed by atoms with E-state index in [0.29, 0.717) is 38.6 Å². The molecule has 0 aliphatic rings. The van der Waals surface area contributed by atoms with E-state index in [4.69, 9.17) is 37.2 Å². The number of aromatic nitrogens is 1. The normalized spacial score (nSPS) is 10.5. The lowest BCUT2D eigenvalue weighted by molar-refractivity contribution is 0.101. The first kappa shape index (κ1) is 19.1. The Morgan fingerprint density at radius 1 is 1.22 bits per heavy atom. The Morgan fingerprint density at radius 2 is 2.04 bits per heavy atom. The Balaban J connectivity index is 1.75. The Morgan fingerprint density at radius 3 is 2.74 bits per heavy atom. The number of methoxy groups -OCH3 is 1. The number of nitrogens with one attached hydrogen (secondary N) is 1. The van der Waals surface area contributed by atoms with Gasteiger partial charge in [0.05, 0.1) is 17.7 Å². The zero-order valence-electron chi connectivity index (χ0n) is 14.6. The maximum Gasteiger partial charge on any atom is 0.278 e. The van der Waals surface area contributed by atoms with Crippen LogP contribution in [0.2, 0.25) is 10.0 Å². The van der Waals surface area contributed by atoms with Gasteiger partial charge in [-0.05, 0) is 43.3 Å². The van der Waals surface area contributed by atoms with E-state index >= 15 is 0 Å². The number of rotatable bonds is 6. The van der Waals surface area contributed by atoms with Crippen LogP contribution in [0.4, 0.5) is 5.69 Å². The molecule has 27 heavy (non-hydrogen) atoms. The predicted octanol–water partition coefficient (Wildman–Crippen LogP) is 5.13. The zero-order valence-corrected chi connectivity index (χ0v) is 16.1. The van der Waals surface area contributed by atoms with Gasteiger partial charge in [-0.25, -0.2) is 0 Å². The monoisotopic (exact) mass is 406 g/mol. The fourth-order valence-electron chi connectivity index (χ4n) is 2.39. The van der Waals surface area contributed by atoms with Crippen molar-refractivity contribution in [1.82, 2.24) is 5.16 Å². The number of halogens is 2.